The third-order valence-corrected chi connectivity index (χ3v) is 6.02. The van der Waals surface area contributed by atoms with E-state index < -0.39 is 6.04 Å². The summed E-state index contributed by atoms with van der Waals surface area (Å²) in [5, 5.41) is 3.60. The molecule has 0 saturated heterocycles. The van der Waals surface area contributed by atoms with Crippen LogP contribution in [0.25, 0.3) is 0 Å². The zero-order valence-corrected chi connectivity index (χ0v) is 19.0. The van der Waals surface area contributed by atoms with Crippen LogP contribution >= 0.6 is 11.6 Å². The smallest absolute Gasteiger partial charge is 0.261 e. The van der Waals surface area contributed by atoms with E-state index in [2.05, 4.69) is 5.32 Å². The SMILES string of the molecule is CC[C@H](C(=O)NC1CCCC1)N(Cc1cccc(C)c1)C(=O)COc1ccccc1Cl. The van der Waals surface area contributed by atoms with Crippen molar-refractivity contribution in [2.45, 2.75) is 64.6 Å². The number of carbonyl (C=O) groups is 2. The summed E-state index contributed by atoms with van der Waals surface area (Å²) in [5.74, 6) is 0.125. The molecule has 1 N–H and O–H groups in total. The molecule has 1 fully saturated rings. The Kier molecular flexibility index (Phi) is 8.35. The molecule has 1 atom stereocenters. The maximum atomic E-state index is 13.2. The number of rotatable bonds is 9. The van der Waals surface area contributed by atoms with Gasteiger partial charge in [0.15, 0.2) is 6.61 Å². The van der Waals surface area contributed by atoms with Crippen LogP contribution < -0.4 is 10.1 Å². The Labute approximate surface area is 189 Å². The van der Waals surface area contributed by atoms with Crippen molar-refractivity contribution in [1.29, 1.82) is 0 Å². The van der Waals surface area contributed by atoms with Gasteiger partial charge < -0.3 is 15.0 Å². The number of hydrogen-bond donors (Lipinski definition) is 1. The first-order chi connectivity index (χ1) is 15.0. The number of aryl methyl sites for hydroxylation is 1. The first-order valence-electron chi connectivity index (χ1n) is 11.0. The first-order valence-corrected chi connectivity index (χ1v) is 11.4. The molecule has 0 spiro atoms. The molecular weight excluding hydrogens is 412 g/mol. The molecule has 3 rings (SSSR count). The van der Waals surface area contributed by atoms with Crippen LogP contribution in [-0.2, 0) is 16.1 Å². The molecule has 0 heterocycles. The van der Waals surface area contributed by atoms with E-state index in [1.54, 1.807) is 23.1 Å². The van der Waals surface area contributed by atoms with Crippen molar-refractivity contribution in [3.8, 4) is 5.75 Å². The number of amides is 2. The summed E-state index contributed by atoms with van der Waals surface area (Å²) >= 11 is 6.16. The van der Waals surface area contributed by atoms with Crippen LogP contribution in [0.15, 0.2) is 48.5 Å². The van der Waals surface area contributed by atoms with Crippen LogP contribution in [0, 0.1) is 6.92 Å². The Hall–Kier alpha value is -2.53. The van der Waals surface area contributed by atoms with E-state index in [0.717, 1.165) is 36.8 Å². The van der Waals surface area contributed by atoms with E-state index in [9.17, 15) is 9.59 Å². The highest BCUT2D eigenvalue weighted by atomic mass is 35.5. The quantitative estimate of drug-likeness (QED) is 0.601. The Morgan fingerprint density at radius 3 is 2.58 bits per heavy atom. The molecule has 2 aromatic rings. The molecule has 0 aliphatic heterocycles. The number of benzene rings is 2. The number of nitrogens with one attached hydrogen (secondary N) is 1. The zero-order valence-electron chi connectivity index (χ0n) is 18.3. The van der Waals surface area contributed by atoms with Crippen LogP contribution in [-0.4, -0.2) is 35.4 Å². The summed E-state index contributed by atoms with van der Waals surface area (Å²) in [4.78, 5) is 28.0. The number of carbonyl (C=O) groups excluding carboxylic acids is 2. The molecule has 166 valence electrons. The predicted octanol–water partition coefficient (Wildman–Crippen LogP) is 4.89. The molecule has 6 heteroatoms. The zero-order chi connectivity index (χ0) is 22.2. The van der Waals surface area contributed by atoms with Crippen LogP contribution in [0.1, 0.15) is 50.2 Å². The lowest BCUT2D eigenvalue weighted by Crippen LogP contribution is -2.52. The van der Waals surface area contributed by atoms with Crippen molar-refractivity contribution in [2.75, 3.05) is 6.61 Å². The highest BCUT2D eigenvalue weighted by Crippen LogP contribution is 2.24. The summed E-state index contributed by atoms with van der Waals surface area (Å²) in [5.41, 5.74) is 2.10. The molecule has 0 radical (unpaired) electrons. The van der Waals surface area contributed by atoms with E-state index in [4.69, 9.17) is 16.3 Å². The molecule has 5 nitrogen and oxygen atoms in total. The maximum absolute atomic E-state index is 13.2. The summed E-state index contributed by atoms with van der Waals surface area (Å²) < 4.78 is 5.69. The molecule has 2 aromatic carbocycles. The largest absolute Gasteiger partial charge is 0.482 e. The number of halogens is 1. The molecule has 1 aliphatic carbocycles. The van der Waals surface area contributed by atoms with Crippen LogP contribution in [0.3, 0.4) is 0 Å². The second-order valence-corrected chi connectivity index (χ2v) is 8.55. The molecule has 2 amide bonds. The molecule has 0 aromatic heterocycles. The fraction of sp³-hybridized carbons (Fsp3) is 0.440. The Bertz CT molecular complexity index is 896. The Morgan fingerprint density at radius 2 is 1.90 bits per heavy atom. The van der Waals surface area contributed by atoms with Gasteiger partial charge in [-0.2, -0.15) is 0 Å². The monoisotopic (exact) mass is 442 g/mol. The first kappa shape index (κ1) is 23.1. The van der Waals surface area contributed by atoms with E-state index in [1.807, 2.05) is 44.2 Å². The van der Waals surface area contributed by atoms with Crippen molar-refractivity contribution in [3.05, 3.63) is 64.7 Å². The van der Waals surface area contributed by atoms with Gasteiger partial charge in [-0.3, -0.25) is 9.59 Å². The van der Waals surface area contributed by atoms with Crippen LogP contribution in [0.2, 0.25) is 5.02 Å². The lowest BCUT2D eigenvalue weighted by molar-refractivity contribution is -0.143. The number of nitrogens with zero attached hydrogens (tertiary/aromatic N) is 1. The number of hydrogen-bond acceptors (Lipinski definition) is 3. The average molecular weight is 443 g/mol. The molecule has 1 saturated carbocycles. The summed E-state index contributed by atoms with van der Waals surface area (Å²) in [6.45, 7) is 4.12. The lowest BCUT2D eigenvalue weighted by atomic mass is 10.1. The number of ether oxygens (including phenoxy) is 1. The van der Waals surface area contributed by atoms with E-state index in [0.29, 0.717) is 23.7 Å². The molecule has 1 aliphatic rings. The van der Waals surface area contributed by atoms with E-state index in [-0.39, 0.29) is 24.5 Å². The van der Waals surface area contributed by atoms with Crippen molar-refractivity contribution >= 4 is 23.4 Å². The second kappa shape index (κ2) is 11.2. The summed E-state index contributed by atoms with van der Waals surface area (Å²) in [6, 6.07) is 14.7. The van der Waals surface area contributed by atoms with Crippen molar-refractivity contribution < 1.29 is 14.3 Å². The molecule has 0 bridgehead atoms. The van der Waals surface area contributed by atoms with Gasteiger partial charge in [0.2, 0.25) is 5.91 Å². The molecule has 0 unspecified atom stereocenters. The van der Waals surface area contributed by atoms with Gasteiger partial charge in [-0.05, 0) is 43.9 Å². The van der Waals surface area contributed by atoms with Gasteiger partial charge in [-0.1, -0.05) is 73.3 Å². The Balaban J connectivity index is 1.77. The summed E-state index contributed by atoms with van der Waals surface area (Å²) in [7, 11) is 0. The van der Waals surface area contributed by atoms with Gasteiger partial charge in [-0.25, -0.2) is 0 Å². The highest BCUT2D eigenvalue weighted by molar-refractivity contribution is 6.32. The highest BCUT2D eigenvalue weighted by Gasteiger charge is 2.31. The lowest BCUT2D eigenvalue weighted by Gasteiger charge is -2.31. The fourth-order valence-corrected chi connectivity index (χ4v) is 4.27. The summed E-state index contributed by atoms with van der Waals surface area (Å²) in [6.07, 6.45) is 4.81. The van der Waals surface area contributed by atoms with Gasteiger partial charge in [-0.15, -0.1) is 0 Å². The third kappa shape index (κ3) is 6.47. The normalized spacial score (nSPS) is 14.8. The Morgan fingerprint density at radius 1 is 1.16 bits per heavy atom. The van der Waals surface area contributed by atoms with Crippen molar-refractivity contribution in [3.63, 3.8) is 0 Å². The molecule has 31 heavy (non-hydrogen) atoms. The van der Waals surface area contributed by atoms with Gasteiger partial charge >= 0.3 is 0 Å². The fourth-order valence-electron chi connectivity index (χ4n) is 4.08. The second-order valence-electron chi connectivity index (χ2n) is 8.14. The number of para-hydroxylation sites is 1. The third-order valence-electron chi connectivity index (χ3n) is 5.71. The van der Waals surface area contributed by atoms with Crippen molar-refractivity contribution in [1.82, 2.24) is 10.2 Å². The van der Waals surface area contributed by atoms with Gasteiger partial charge in [0.1, 0.15) is 11.8 Å². The van der Waals surface area contributed by atoms with Crippen LogP contribution in [0.5, 0.6) is 5.75 Å². The van der Waals surface area contributed by atoms with Crippen LogP contribution in [0.4, 0.5) is 0 Å². The predicted molar refractivity (Wildman–Crippen MR) is 123 cm³/mol. The minimum Gasteiger partial charge on any atom is -0.482 e. The van der Waals surface area contributed by atoms with Gasteiger partial charge in [0.25, 0.3) is 5.91 Å². The minimum atomic E-state index is -0.552. The van der Waals surface area contributed by atoms with E-state index >= 15 is 0 Å². The van der Waals surface area contributed by atoms with Gasteiger partial charge in [0.05, 0.1) is 5.02 Å². The van der Waals surface area contributed by atoms with Gasteiger partial charge in [0, 0.05) is 12.6 Å². The van der Waals surface area contributed by atoms with E-state index in [1.165, 1.54) is 0 Å². The standard InChI is InChI=1S/C25H31ClN2O3/c1-3-22(25(30)27-20-11-4-5-12-20)28(16-19-10-8-9-18(2)15-19)24(29)17-31-23-14-7-6-13-21(23)26/h6-10,13-15,20,22H,3-5,11-12,16-17H2,1-2H3,(H,27,30)/t22-/m1/s1. The van der Waals surface area contributed by atoms with Crippen molar-refractivity contribution in [2.24, 2.45) is 0 Å². The minimum absolute atomic E-state index is 0.0897. The molecular formula is C25H31ClN2O3. The average Bonchev–Trinajstić information content (AvgIpc) is 3.26. The topological polar surface area (TPSA) is 58.6 Å². The maximum Gasteiger partial charge on any atom is 0.261 e.